The summed E-state index contributed by atoms with van der Waals surface area (Å²) in [6.45, 7) is 7.85. The lowest BCUT2D eigenvalue weighted by molar-refractivity contribution is -0.0307. The predicted molar refractivity (Wildman–Crippen MR) is 84.3 cm³/mol. The molecule has 0 bridgehead atoms. The van der Waals surface area contributed by atoms with E-state index < -0.39 is 5.60 Å². The van der Waals surface area contributed by atoms with E-state index in [4.69, 9.17) is 4.74 Å². The van der Waals surface area contributed by atoms with Crippen molar-refractivity contribution >= 4 is 0 Å². The van der Waals surface area contributed by atoms with Gasteiger partial charge in [-0.25, -0.2) is 0 Å². The molecule has 3 heteroatoms. The normalized spacial score (nSPS) is 34.7. The van der Waals surface area contributed by atoms with Gasteiger partial charge in [-0.2, -0.15) is 0 Å². The van der Waals surface area contributed by atoms with Gasteiger partial charge in [0.25, 0.3) is 0 Å². The zero-order valence-corrected chi connectivity index (χ0v) is 13.4. The highest BCUT2D eigenvalue weighted by atomic mass is 16.5. The van der Waals surface area contributed by atoms with Crippen molar-refractivity contribution in [3.05, 3.63) is 35.4 Å². The van der Waals surface area contributed by atoms with E-state index in [1.807, 2.05) is 6.92 Å². The molecule has 1 aliphatic heterocycles. The maximum Gasteiger partial charge on any atom is 0.105 e. The van der Waals surface area contributed by atoms with Crippen molar-refractivity contribution in [3.63, 3.8) is 0 Å². The summed E-state index contributed by atoms with van der Waals surface area (Å²) < 4.78 is 5.54. The second-order valence-electron chi connectivity index (χ2n) is 7.37. The average molecular weight is 289 g/mol. The largest absolute Gasteiger partial charge is 0.386 e. The van der Waals surface area contributed by atoms with Gasteiger partial charge < -0.3 is 15.2 Å². The SMILES string of the molecule is CC1OCCC1(O)CNC1c2ccccc2CCC1(C)C. The maximum absolute atomic E-state index is 10.7. The van der Waals surface area contributed by atoms with Gasteiger partial charge in [-0.15, -0.1) is 0 Å². The molecule has 2 N–H and O–H groups in total. The van der Waals surface area contributed by atoms with E-state index in [2.05, 4.69) is 43.4 Å². The Balaban J connectivity index is 1.80. The van der Waals surface area contributed by atoms with Crippen LogP contribution in [0.25, 0.3) is 0 Å². The summed E-state index contributed by atoms with van der Waals surface area (Å²) in [6.07, 6.45) is 2.94. The molecule has 3 unspecified atom stereocenters. The van der Waals surface area contributed by atoms with E-state index in [0.717, 1.165) is 12.8 Å². The van der Waals surface area contributed by atoms with Crippen LogP contribution in [0.1, 0.15) is 50.8 Å². The summed E-state index contributed by atoms with van der Waals surface area (Å²) in [6, 6.07) is 8.99. The van der Waals surface area contributed by atoms with Gasteiger partial charge in [0.15, 0.2) is 0 Å². The van der Waals surface area contributed by atoms with Gasteiger partial charge in [-0.1, -0.05) is 38.1 Å². The van der Waals surface area contributed by atoms with Crippen LogP contribution < -0.4 is 5.32 Å². The third-order valence-electron chi connectivity index (χ3n) is 5.46. The predicted octanol–water partition coefficient (Wildman–Crippen LogP) is 2.83. The molecule has 2 aliphatic rings. The molecule has 3 atom stereocenters. The van der Waals surface area contributed by atoms with Crippen LogP contribution in [0.15, 0.2) is 24.3 Å². The van der Waals surface area contributed by atoms with E-state index in [9.17, 15) is 5.11 Å². The minimum atomic E-state index is -0.734. The van der Waals surface area contributed by atoms with Crippen molar-refractivity contribution in [1.82, 2.24) is 5.32 Å². The Bertz CT molecular complexity index is 514. The molecule has 1 aromatic carbocycles. The molecule has 0 amide bonds. The molecule has 0 radical (unpaired) electrons. The van der Waals surface area contributed by atoms with E-state index in [-0.39, 0.29) is 11.5 Å². The summed E-state index contributed by atoms with van der Waals surface area (Å²) in [5, 5.41) is 14.4. The van der Waals surface area contributed by atoms with Crippen LogP contribution in [0.3, 0.4) is 0 Å². The monoisotopic (exact) mass is 289 g/mol. The van der Waals surface area contributed by atoms with E-state index in [0.29, 0.717) is 19.2 Å². The molecule has 3 nitrogen and oxygen atoms in total. The molecule has 3 rings (SSSR count). The van der Waals surface area contributed by atoms with Crippen molar-refractivity contribution in [2.45, 2.75) is 57.8 Å². The van der Waals surface area contributed by atoms with Crippen LogP contribution in [0.5, 0.6) is 0 Å². The standard InChI is InChI=1S/C18H27NO2/c1-13-18(20,10-11-21-13)12-19-16-15-7-5-4-6-14(15)8-9-17(16,2)3/h4-7,13,16,19-20H,8-12H2,1-3H3. The number of hydrogen-bond acceptors (Lipinski definition) is 3. The van der Waals surface area contributed by atoms with Gasteiger partial charge >= 0.3 is 0 Å². The van der Waals surface area contributed by atoms with E-state index >= 15 is 0 Å². The molecule has 0 aromatic heterocycles. The molecule has 1 aromatic rings. The Kier molecular flexibility index (Phi) is 3.85. The fourth-order valence-electron chi connectivity index (χ4n) is 3.73. The Labute approximate surface area is 127 Å². The number of benzene rings is 1. The zero-order chi connectivity index (χ0) is 15.1. The number of fused-ring (bicyclic) bond motifs is 1. The molecule has 1 fully saturated rings. The first-order valence-corrected chi connectivity index (χ1v) is 8.08. The molecular formula is C18H27NO2. The van der Waals surface area contributed by atoms with E-state index in [1.165, 1.54) is 17.5 Å². The second-order valence-corrected chi connectivity index (χ2v) is 7.37. The number of aliphatic hydroxyl groups is 1. The third kappa shape index (κ3) is 2.75. The average Bonchev–Trinajstić information content (AvgIpc) is 2.77. The summed E-state index contributed by atoms with van der Waals surface area (Å²) in [4.78, 5) is 0. The quantitative estimate of drug-likeness (QED) is 0.899. The van der Waals surface area contributed by atoms with Gasteiger partial charge in [-0.05, 0) is 36.3 Å². The van der Waals surface area contributed by atoms with Crippen LogP contribution in [-0.4, -0.2) is 30.0 Å². The van der Waals surface area contributed by atoms with E-state index in [1.54, 1.807) is 0 Å². The molecule has 1 heterocycles. The van der Waals surface area contributed by atoms with Crippen LogP contribution in [0, 0.1) is 5.41 Å². The zero-order valence-electron chi connectivity index (χ0n) is 13.4. The lowest BCUT2D eigenvalue weighted by Crippen LogP contribution is -2.49. The first-order chi connectivity index (χ1) is 9.92. The van der Waals surface area contributed by atoms with Crippen LogP contribution in [0.4, 0.5) is 0 Å². The number of aryl methyl sites for hydroxylation is 1. The number of ether oxygens (including phenoxy) is 1. The molecule has 21 heavy (non-hydrogen) atoms. The first kappa shape index (κ1) is 15.0. The van der Waals surface area contributed by atoms with Crippen molar-refractivity contribution in [1.29, 1.82) is 0 Å². The molecule has 0 saturated carbocycles. The molecular weight excluding hydrogens is 262 g/mol. The molecule has 1 saturated heterocycles. The van der Waals surface area contributed by atoms with Crippen LogP contribution in [-0.2, 0) is 11.2 Å². The fourth-order valence-corrected chi connectivity index (χ4v) is 3.73. The Morgan fingerprint density at radius 2 is 2.05 bits per heavy atom. The Morgan fingerprint density at radius 1 is 1.29 bits per heavy atom. The molecule has 1 aliphatic carbocycles. The fraction of sp³-hybridized carbons (Fsp3) is 0.667. The molecule has 116 valence electrons. The van der Waals surface area contributed by atoms with Gasteiger partial charge in [0.1, 0.15) is 5.60 Å². The Morgan fingerprint density at radius 3 is 2.76 bits per heavy atom. The Hall–Kier alpha value is -0.900. The smallest absolute Gasteiger partial charge is 0.105 e. The van der Waals surface area contributed by atoms with Gasteiger partial charge in [0, 0.05) is 25.6 Å². The van der Waals surface area contributed by atoms with Crippen molar-refractivity contribution < 1.29 is 9.84 Å². The highest BCUT2D eigenvalue weighted by molar-refractivity contribution is 5.34. The van der Waals surface area contributed by atoms with Crippen molar-refractivity contribution in [2.75, 3.05) is 13.2 Å². The summed E-state index contributed by atoms with van der Waals surface area (Å²) in [7, 11) is 0. The minimum absolute atomic E-state index is 0.0908. The minimum Gasteiger partial charge on any atom is -0.386 e. The number of hydrogen-bond donors (Lipinski definition) is 2. The highest BCUT2D eigenvalue weighted by Crippen LogP contribution is 2.43. The third-order valence-corrected chi connectivity index (χ3v) is 5.46. The summed E-state index contributed by atoms with van der Waals surface area (Å²) in [5.41, 5.74) is 2.30. The summed E-state index contributed by atoms with van der Waals surface area (Å²) >= 11 is 0. The number of rotatable bonds is 3. The first-order valence-electron chi connectivity index (χ1n) is 8.08. The van der Waals surface area contributed by atoms with Gasteiger partial charge in [0.2, 0.25) is 0 Å². The summed E-state index contributed by atoms with van der Waals surface area (Å²) in [5.74, 6) is 0. The topological polar surface area (TPSA) is 41.5 Å². The lowest BCUT2D eigenvalue weighted by Gasteiger charge is -2.42. The van der Waals surface area contributed by atoms with Crippen LogP contribution in [0.2, 0.25) is 0 Å². The van der Waals surface area contributed by atoms with Gasteiger partial charge in [0.05, 0.1) is 6.10 Å². The molecule has 0 spiro atoms. The van der Waals surface area contributed by atoms with Crippen LogP contribution >= 0.6 is 0 Å². The highest BCUT2D eigenvalue weighted by Gasteiger charge is 2.42. The maximum atomic E-state index is 10.7. The number of nitrogens with one attached hydrogen (secondary N) is 1. The lowest BCUT2D eigenvalue weighted by atomic mass is 9.70. The second kappa shape index (κ2) is 5.38. The van der Waals surface area contributed by atoms with Gasteiger partial charge in [-0.3, -0.25) is 0 Å². The van der Waals surface area contributed by atoms with Crippen molar-refractivity contribution in [3.8, 4) is 0 Å². The van der Waals surface area contributed by atoms with Crippen molar-refractivity contribution in [2.24, 2.45) is 5.41 Å².